The van der Waals surface area contributed by atoms with Gasteiger partial charge >= 0.3 is 0 Å². The molecule has 0 unspecified atom stereocenters. The molecule has 2 aliphatic heterocycles. The van der Waals surface area contributed by atoms with Gasteiger partial charge in [-0.05, 0) is 29.3 Å². The monoisotopic (exact) mass is 413 g/mol. The zero-order chi connectivity index (χ0) is 19.6. The van der Waals surface area contributed by atoms with Gasteiger partial charge in [-0.3, -0.25) is 9.59 Å². The third-order valence-corrected chi connectivity index (χ3v) is 6.45. The summed E-state index contributed by atoms with van der Waals surface area (Å²) in [5, 5.41) is 1.96. The molecule has 0 spiro atoms. The number of nitrogens with zero attached hydrogens (tertiary/aromatic N) is 2. The van der Waals surface area contributed by atoms with E-state index in [2.05, 4.69) is 4.98 Å². The third-order valence-electron chi connectivity index (χ3n) is 5.71. The topological polar surface area (TPSA) is 56.4 Å². The summed E-state index contributed by atoms with van der Waals surface area (Å²) in [6, 6.07) is 12.4. The molecule has 2 aliphatic rings. The van der Waals surface area contributed by atoms with Crippen LogP contribution in [0, 0.1) is 0 Å². The van der Waals surface area contributed by atoms with Crippen LogP contribution in [0.5, 0.6) is 0 Å². The normalized spacial score (nSPS) is 21.8. The first-order chi connectivity index (χ1) is 13.5. The molecule has 7 heteroatoms. The van der Waals surface area contributed by atoms with Crippen molar-refractivity contribution >= 4 is 45.9 Å². The number of amides is 2. The van der Waals surface area contributed by atoms with Gasteiger partial charge in [-0.1, -0.05) is 47.5 Å². The first kappa shape index (κ1) is 17.6. The van der Waals surface area contributed by atoms with Crippen LogP contribution in [0.2, 0.25) is 10.0 Å². The number of carbonyl (C=O) groups excluding carboxylic acids is 2. The van der Waals surface area contributed by atoms with Crippen LogP contribution in [0.1, 0.15) is 22.9 Å². The lowest BCUT2D eigenvalue weighted by atomic mass is 9.86. The summed E-state index contributed by atoms with van der Waals surface area (Å²) in [6.07, 6.45) is 0.492. The van der Waals surface area contributed by atoms with E-state index in [1.54, 1.807) is 24.1 Å². The number of hydrogen-bond acceptors (Lipinski definition) is 2. The Hall–Kier alpha value is -2.50. The minimum absolute atomic E-state index is 0.0411. The first-order valence-electron chi connectivity index (χ1n) is 9.06. The molecule has 0 saturated carbocycles. The van der Waals surface area contributed by atoms with E-state index in [0.717, 1.165) is 27.7 Å². The molecule has 1 saturated heterocycles. The summed E-state index contributed by atoms with van der Waals surface area (Å²) < 4.78 is 0. The minimum atomic E-state index is -0.530. The molecule has 1 aromatic heterocycles. The molecule has 0 aliphatic carbocycles. The maximum absolute atomic E-state index is 13.0. The summed E-state index contributed by atoms with van der Waals surface area (Å²) in [5.41, 5.74) is 3.83. The van der Waals surface area contributed by atoms with Gasteiger partial charge in [-0.2, -0.15) is 0 Å². The number of benzene rings is 2. The van der Waals surface area contributed by atoms with Crippen LogP contribution < -0.4 is 0 Å². The molecule has 3 heterocycles. The minimum Gasteiger partial charge on any atom is -0.356 e. The number of H-pyrrole nitrogens is 1. The van der Waals surface area contributed by atoms with Crippen molar-refractivity contribution in [3.05, 3.63) is 69.3 Å². The Morgan fingerprint density at radius 3 is 2.64 bits per heavy atom. The maximum atomic E-state index is 13.0. The van der Waals surface area contributed by atoms with E-state index in [4.69, 9.17) is 23.2 Å². The lowest BCUT2D eigenvalue weighted by Crippen LogP contribution is -2.62. The fourth-order valence-electron chi connectivity index (χ4n) is 4.44. The fraction of sp³-hybridized carbons (Fsp3) is 0.238. The van der Waals surface area contributed by atoms with Crippen molar-refractivity contribution in [2.75, 3.05) is 13.6 Å². The number of carbonyl (C=O) groups is 2. The number of likely N-dealkylation sites (N-methyl/N-ethyl adjacent to an activating group) is 1. The van der Waals surface area contributed by atoms with Crippen molar-refractivity contribution in [3.8, 4) is 0 Å². The van der Waals surface area contributed by atoms with Crippen molar-refractivity contribution in [1.82, 2.24) is 14.8 Å². The van der Waals surface area contributed by atoms with Gasteiger partial charge in [-0.25, -0.2) is 0 Å². The van der Waals surface area contributed by atoms with E-state index < -0.39 is 12.1 Å². The summed E-state index contributed by atoms with van der Waals surface area (Å²) >= 11 is 12.4. The molecule has 5 rings (SSSR count). The number of nitrogens with one attached hydrogen (secondary N) is 1. The molecule has 142 valence electrons. The molecule has 3 aromatic rings. The van der Waals surface area contributed by atoms with Crippen molar-refractivity contribution in [2.24, 2.45) is 0 Å². The van der Waals surface area contributed by atoms with Crippen molar-refractivity contribution in [2.45, 2.75) is 18.5 Å². The fourth-order valence-corrected chi connectivity index (χ4v) is 4.74. The zero-order valence-corrected chi connectivity index (χ0v) is 16.6. The number of para-hydroxylation sites is 1. The number of rotatable bonds is 1. The molecular formula is C21H17Cl2N3O2. The van der Waals surface area contributed by atoms with Gasteiger partial charge in [0, 0.05) is 30.1 Å². The summed E-state index contributed by atoms with van der Waals surface area (Å²) in [4.78, 5) is 32.7. The average molecular weight is 414 g/mol. The van der Waals surface area contributed by atoms with E-state index in [1.165, 1.54) is 4.90 Å². The predicted molar refractivity (Wildman–Crippen MR) is 109 cm³/mol. The summed E-state index contributed by atoms with van der Waals surface area (Å²) in [6.45, 7) is 0.0721. The van der Waals surface area contributed by atoms with E-state index in [0.29, 0.717) is 16.5 Å². The molecule has 2 amide bonds. The van der Waals surface area contributed by atoms with Crippen LogP contribution in [0.3, 0.4) is 0 Å². The van der Waals surface area contributed by atoms with Crippen molar-refractivity contribution in [1.29, 1.82) is 0 Å². The molecule has 1 N–H and O–H groups in total. The van der Waals surface area contributed by atoms with Crippen LogP contribution in [0.25, 0.3) is 10.9 Å². The van der Waals surface area contributed by atoms with Gasteiger partial charge in [0.1, 0.15) is 6.04 Å². The summed E-state index contributed by atoms with van der Waals surface area (Å²) in [5.74, 6) is -0.118. The van der Waals surface area contributed by atoms with E-state index >= 15 is 0 Å². The van der Waals surface area contributed by atoms with Gasteiger partial charge in [0.15, 0.2) is 0 Å². The molecule has 28 heavy (non-hydrogen) atoms. The molecule has 5 nitrogen and oxygen atoms in total. The lowest BCUT2D eigenvalue weighted by Gasteiger charge is -2.46. The van der Waals surface area contributed by atoms with Gasteiger partial charge < -0.3 is 14.8 Å². The predicted octanol–water partition coefficient (Wildman–Crippen LogP) is 3.79. The Balaban J connectivity index is 1.77. The smallest absolute Gasteiger partial charge is 0.245 e. The second-order valence-electron chi connectivity index (χ2n) is 7.35. The highest BCUT2D eigenvalue weighted by Gasteiger charge is 2.47. The molecule has 2 aromatic carbocycles. The Morgan fingerprint density at radius 1 is 1.07 bits per heavy atom. The number of hydrogen-bond donors (Lipinski definition) is 1. The second kappa shape index (κ2) is 6.26. The lowest BCUT2D eigenvalue weighted by molar-refractivity contribution is -0.157. The van der Waals surface area contributed by atoms with Crippen LogP contribution >= 0.6 is 23.2 Å². The first-order valence-corrected chi connectivity index (χ1v) is 9.82. The Kier molecular flexibility index (Phi) is 3.93. The SMILES string of the molecule is CN1CC(=O)N2[C@@H](c3ccc(Cl)c(Cl)c3)c3[nH]c4ccccc4c3C[C@@H]2C1=O. The van der Waals surface area contributed by atoms with Crippen LogP contribution in [0.4, 0.5) is 0 Å². The Labute approximate surface area is 171 Å². The van der Waals surface area contributed by atoms with Crippen LogP contribution in [-0.2, 0) is 16.0 Å². The van der Waals surface area contributed by atoms with Crippen LogP contribution in [0.15, 0.2) is 42.5 Å². The average Bonchev–Trinajstić information content (AvgIpc) is 3.05. The number of aromatic nitrogens is 1. The number of piperazine rings is 1. The Bertz CT molecular complexity index is 1140. The molecule has 2 atom stereocenters. The third kappa shape index (κ3) is 2.46. The molecule has 1 fully saturated rings. The van der Waals surface area contributed by atoms with Gasteiger partial charge in [-0.15, -0.1) is 0 Å². The number of fused-ring (bicyclic) bond motifs is 4. The van der Waals surface area contributed by atoms with E-state index in [9.17, 15) is 9.59 Å². The van der Waals surface area contributed by atoms with Crippen molar-refractivity contribution < 1.29 is 9.59 Å². The van der Waals surface area contributed by atoms with E-state index in [-0.39, 0.29) is 18.4 Å². The maximum Gasteiger partial charge on any atom is 0.245 e. The van der Waals surface area contributed by atoms with Crippen LogP contribution in [-0.4, -0.2) is 46.2 Å². The molecule has 0 radical (unpaired) electrons. The standard InChI is InChI=1S/C21H17Cl2N3O2/c1-25-10-18(27)26-17(21(25)28)9-13-12-4-2-3-5-16(12)24-19(13)20(26)11-6-7-14(22)15(23)8-11/h2-8,17,20,24H,9-10H2,1H3/t17-,20+/m1/s1. The number of aromatic amines is 1. The molecular weight excluding hydrogens is 397 g/mol. The Morgan fingerprint density at radius 2 is 1.86 bits per heavy atom. The number of halogens is 2. The zero-order valence-electron chi connectivity index (χ0n) is 15.1. The second-order valence-corrected chi connectivity index (χ2v) is 8.17. The highest BCUT2D eigenvalue weighted by atomic mass is 35.5. The largest absolute Gasteiger partial charge is 0.356 e. The van der Waals surface area contributed by atoms with Gasteiger partial charge in [0.2, 0.25) is 11.8 Å². The quantitative estimate of drug-likeness (QED) is 0.659. The summed E-state index contributed by atoms with van der Waals surface area (Å²) in [7, 11) is 1.68. The van der Waals surface area contributed by atoms with Gasteiger partial charge in [0.05, 0.1) is 22.6 Å². The van der Waals surface area contributed by atoms with Crippen molar-refractivity contribution in [3.63, 3.8) is 0 Å². The molecule has 0 bridgehead atoms. The van der Waals surface area contributed by atoms with Gasteiger partial charge in [0.25, 0.3) is 0 Å². The highest BCUT2D eigenvalue weighted by molar-refractivity contribution is 6.42. The highest BCUT2D eigenvalue weighted by Crippen LogP contribution is 2.43. The van der Waals surface area contributed by atoms with E-state index in [1.807, 2.05) is 30.3 Å².